The van der Waals surface area contributed by atoms with Crippen molar-refractivity contribution in [3.05, 3.63) is 23.8 Å². The minimum Gasteiger partial charge on any atom is -0.493 e. The Hall–Kier alpha value is -1.26. The number of methoxy groups -OCH3 is 1. The van der Waals surface area contributed by atoms with E-state index in [1.165, 1.54) is 5.56 Å². The Balaban J connectivity index is 2.63. The van der Waals surface area contributed by atoms with Crippen LogP contribution in [0.4, 0.5) is 0 Å². The van der Waals surface area contributed by atoms with Gasteiger partial charge in [0.1, 0.15) is 0 Å². The molecule has 1 aromatic carbocycles. The molecule has 19 heavy (non-hydrogen) atoms. The van der Waals surface area contributed by atoms with Gasteiger partial charge in [-0.1, -0.05) is 6.07 Å². The molecule has 2 unspecified atom stereocenters. The third-order valence-electron chi connectivity index (χ3n) is 2.86. The van der Waals surface area contributed by atoms with Crippen molar-refractivity contribution in [3.8, 4) is 11.5 Å². The number of nitrogens with two attached hydrogens (primary N) is 1. The van der Waals surface area contributed by atoms with Gasteiger partial charge in [-0.3, -0.25) is 0 Å². The number of nitrogens with one attached hydrogen (secondary N) is 1. The van der Waals surface area contributed by atoms with Crippen molar-refractivity contribution in [3.63, 3.8) is 0 Å². The normalized spacial score (nSPS) is 13.9. The van der Waals surface area contributed by atoms with Crippen molar-refractivity contribution >= 4 is 0 Å². The highest BCUT2D eigenvalue weighted by Gasteiger charge is 2.08. The fourth-order valence-corrected chi connectivity index (χ4v) is 1.93. The third kappa shape index (κ3) is 5.49. The molecule has 0 aliphatic carbocycles. The van der Waals surface area contributed by atoms with Crippen molar-refractivity contribution in [2.24, 2.45) is 5.73 Å². The number of hydrogen-bond acceptors (Lipinski definition) is 4. The molecule has 0 spiro atoms. The van der Waals surface area contributed by atoms with E-state index in [9.17, 15) is 0 Å². The minimum atomic E-state index is 0.178. The highest BCUT2D eigenvalue weighted by Crippen LogP contribution is 2.28. The van der Waals surface area contributed by atoms with Crippen LogP contribution in [0.5, 0.6) is 11.5 Å². The van der Waals surface area contributed by atoms with Gasteiger partial charge in [0.25, 0.3) is 0 Å². The Bertz CT molecular complexity index is 380. The summed E-state index contributed by atoms with van der Waals surface area (Å²) >= 11 is 0. The summed E-state index contributed by atoms with van der Waals surface area (Å²) < 4.78 is 10.9. The number of ether oxygens (including phenoxy) is 2. The summed E-state index contributed by atoms with van der Waals surface area (Å²) in [5.41, 5.74) is 6.96. The second kappa shape index (κ2) is 8.02. The van der Waals surface area contributed by atoms with Crippen LogP contribution in [-0.2, 0) is 6.42 Å². The summed E-state index contributed by atoms with van der Waals surface area (Å²) in [6.07, 6.45) is 0.940. The molecule has 0 aliphatic heterocycles. The maximum absolute atomic E-state index is 5.73. The van der Waals surface area contributed by atoms with Crippen LogP contribution >= 0.6 is 0 Å². The van der Waals surface area contributed by atoms with Gasteiger partial charge in [0.15, 0.2) is 11.5 Å². The molecule has 1 aromatic rings. The van der Waals surface area contributed by atoms with Gasteiger partial charge in [0.2, 0.25) is 0 Å². The van der Waals surface area contributed by atoms with Gasteiger partial charge in [-0.15, -0.1) is 0 Å². The molecule has 1 rings (SSSR count). The second-order valence-corrected chi connectivity index (χ2v) is 4.91. The first kappa shape index (κ1) is 15.8. The summed E-state index contributed by atoms with van der Waals surface area (Å²) in [5.74, 6) is 1.59. The Morgan fingerprint density at radius 2 is 2.00 bits per heavy atom. The molecule has 0 aromatic heterocycles. The van der Waals surface area contributed by atoms with E-state index >= 15 is 0 Å². The maximum atomic E-state index is 5.73. The highest BCUT2D eigenvalue weighted by atomic mass is 16.5. The molecule has 0 amide bonds. The molecule has 4 nitrogen and oxygen atoms in total. The molecule has 4 heteroatoms. The zero-order valence-corrected chi connectivity index (χ0v) is 12.4. The van der Waals surface area contributed by atoms with Gasteiger partial charge in [-0.05, 0) is 44.9 Å². The van der Waals surface area contributed by atoms with Crippen LogP contribution in [0.2, 0.25) is 0 Å². The zero-order valence-electron chi connectivity index (χ0n) is 12.4. The third-order valence-corrected chi connectivity index (χ3v) is 2.86. The molecule has 0 bridgehead atoms. The first-order valence-electron chi connectivity index (χ1n) is 6.85. The van der Waals surface area contributed by atoms with Gasteiger partial charge < -0.3 is 20.5 Å². The Morgan fingerprint density at radius 1 is 1.26 bits per heavy atom. The monoisotopic (exact) mass is 266 g/mol. The standard InChI is InChI=1S/C15H26N2O2/c1-5-19-14-7-6-13(9-15(14)18-4)8-12(3)17-10-11(2)16/h6-7,9,11-12,17H,5,8,10,16H2,1-4H3. The number of benzene rings is 1. The van der Waals surface area contributed by atoms with Crippen molar-refractivity contribution in [1.82, 2.24) is 5.32 Å². The topological polar surface area (TPSA) is 56.5 Å². The molecule has 0 saturated heterocycles. The van der Waals surface area contributed by atoms with Crippen molar-refractivity contribution in [2.45, 2.75) is 39.3 Å². The molecule has 0 fully saturated rings. The first-order chi connectivity index (χ1) is 9.06. The van der Waals surface area contributed by atoms with Gasteiger partial charge in [-0.25, -0.2) is 0 Å². The van der Waals surface area contributed by atoms with Crippen LogP contribution in [-0.4, -0.2) is 32.3 Å². The Morgan fingerprint density at radius 3 is 2.58 bits per heavy atom. The lowest BCUT2D eigenvalue weighted by molar-refractivity contribution is 0.310. The van der Waals surface area contributed by atoms with Gasteiger partial charge in [0.05, 0.1) is 13.7 Å². The fourth-order valence-electron chi connectivity index (χ4n) is 1.93. The summed E-state index contributed by atoms with van der Waals surface area (Å²) in [5, 5.41) is 3.41. The van der Waals surface area contributed by atoms with Gasteiger partial charge >= 0.3 is 0 Å². The lowest BCUT2D eigenvalue weighted by Crippen LogP contribution is -2.37. The Labute approximate surface area is 116 Å². The molecule has 0 aliphatic rings. The molecular weight excluding hydrogens is 240 g/mol. The van der Waals surface area contributed by atoms with Crippen molar-refractivity contribution < 1.29 is 9.47 Å². The van der Waals surface area contributed by atoms with Crippen LogP contribution in [0.25, 0.3) is 0 Å². The predicted molar refractivity (Wildman–Crippen MR) is 79.0 cm³/mol. The van der Waals surface area contributed by atoms with E-state index in [0.29, 0.717) is 12.6 Å². The highest BCUT2D eigenvalue weighted by molar-refractivity contribution is 5.43. The summed E-state index contributed by atoms with van der Waals surface area (Å²) in [6.45, 7) is 7.59. The van der Waals surface area contributed by atoms with Crippen LogP contribution < -0.4 is 20.5 Å². The Kier molecular flexibility index (Phi) is 6.67. The van der Waals surface area contributed by atoms with Crippen LogP contribution in [0.15, 0.2) is 18.2 Å². The molecule has 0 radical (unpaired) electrons. The number of hydrogen-bond donors (Lipinski definition) is 2. The van der Waals surface area contributed by atoms with Crippen molar-refractivity contribution in [2.75, 3.05) is 20.3 Å². The fraction of sp³-hybridized carbons (Fsp3) is 0.600. The van der Waals surface area contributed by atoms with Gasteiger partial charge in [0, 0.05) is 18.6 Å². The minimum absolute atomic E-state index is 0.178. The van der Waals surface area contributed by atoms with E-state index in [-0.39, 0.29) is 6.04 Å². The van der Waals surface area contributed by atoms with E-state index in [0.717, 1.165) is 24.5 Å². The maximum Gasteiger partial charge on any atom is 0.161 e. The first-order valence-corrected chi connectivity index (χ1v) is 6.85. The van der Waals surface area contributed by atoms with E-state index in [1.54, 1.807) is 7.11 Å². The molecule has 0 heterocycles. The largest absolute Gasteiger partial charge is 0.493 e. The lowest BCUT2D eigenvalue weighted by atomic mass is 10.1. The lowest BCUT2D eigenvalue weighted by Gasteiger charge is -2.17. The van der Waals surface area contributed by atoms with Crippen LogP contribution in [0.1, 0.15) is 26.3 Å². The number of rotatable bonds is 8. The second-order valence-electron chi connectivity index (χ2n) is 4.91. The SMILES string of the molecule is CCOc1ccc(CC(C)NCC(C)N)cc1OC. The van der Waals surface area contributed by atoms with Crippen LogP contribution in [0, 0.1) is 0 Å². The van der Waals surface area contributed by atoms with E-state index < -0.39 is 0 Å². The van der Waals surface area contributed by atoms with Gasteiger partial charge in [-0.2, -0.15) is 0 Å². The summed E-state index contributed by atoms with van der Waals surface area (Å²) in [6, 6.07) is 6.65. The van der Waals surface area contributed by atoms with Crippen molar-refractivity contribution in [1.29, 1.82) is 0 Å². The predicted octanol–water partition coefficient (Wildman–Crippen LogP) is 1.96. The van der Waals surface area contributed by atoms with E-state index in [1.807, 2.05) is 26.0 Å². The summed E-state index contributed by atoms with van der Waals surface area (Å²) in [4.78, 5) is 0. The quantitative estimate of drug-likeness (QED) is 0.755. The average molecular weight is 266 g/mol. The van der Waals surface area contributed by atoms with Crippen LogP contribution in [0.3, 0.4) is 0 Å². The molecule has 108 valence electrons. The molecular formula is C15H26N2O2. The van der Waals surface area contributed by atoms with E-state index in [4.69, 9.17) is 15.2 Å². The van der Waals surface area contributed by atoms with E-state index in [2.05, 4.69) is 18.3 Å². The molecule has 2 atom stereocenters. The average Bonchev–Trinajstić information content (AvgIpc) is 2.38. The smallest absolute Gasteiger partial charge is 0.161 e. The zero-order chi connectivity index (χ0) is 14.3. The molecule has 0 saturated carbocycles. The summed E-state index contributed by atoms with van der Waals surface area (Å²) in [7, 11) is 1.67. The molecule has 3 N–H and O–H groups in total.